The Kier molecular flexibility index (Phi) is 11.8. The molecule has 59 heavy (non-hydrogen) atoms. The van der Waals surface area contributed by atoms with Crippen LogP contribution in [0.25, 0.3) is 0 Å². The summed E-state index contributed by atoms with van der Waals surface area (Å²) in [6.07, 6.45) is 25.3. The number of carbonyl (C=O) groups is 2. The van der Waals surface area contributed by atoms with Crippen molar-refractivity contribution in [2.75, 3.05) is 26.2 Å². The third-order valence-electron chi connectivity index (χ3n) is 18.2. The molecule has 6 saturated carbocycles. The molecular weight excluding hydrogens is 729 g/mol. The molecule has 10 atom stereocenters. The van der Waals surface area contributed by atoms with Crippen molar-refractivity contribution in [3.8, 4) is 0 Å². The second-order valence-electron chi connectivity index (χ2n) is 22.4. The molecule has 2 saturated heterocycles. The topological polar surface area (TPSA) is 102 Å². The lowest BCUT2D eigenvalue weighted by Gasteiger charge is -2.66. The van der Waals surface area contributed by atoms with Crippen LogP contribution in [0.5, 0.6) is 0 Å². The average Bonchev–Trinajstić information content (AvgIpc) is 3.21. The summed E-state index contributed by atoms with van der Waals surface area (Å²) in [6.45, 7) is 19.8. The first-order valence-corrected chi connectivity index (χ1v) is 24.0. The van der Waals surface area contributed by atoms with Gasteiger partial charge in [0.15, 0.2) is 0 Å². The first kappa shape index (κ1) is 42.9. The van der Waals surface area contributed by atoms with Crippen LogP contribution in [0.3, 0.4) is 0 Å². The highest BCUT2D eigenvalue weighted by Crippen LogP contribution is 2.73. The van der Waals surface area contributed by atoms with Crippen molar-refractivity contribution in [1.29, 1.82) is 0 Å². The van der Waals surface area contributed by atoms with E-state index in [1.54, 1.807) is 0 Å². The number of hydrogen-bond donors (Lipinski definition) is 5. The number of amides is 2. The standard InChI is InChI=1S/C52H78N4O3/c1-7-39(17-16-37(4)51-27-38-26-48(9-3,32-51)33-52(28-38,35-51)45(59)56-43-20-25-54-36-46(43,5)6)50(23-18-44(58)55-41-19-24-53-29-42(41)57)31-47(8-2)21-13-22-49(30-47,34-50)40-14-11-10-12-15-40/h7,10-12,14-17,38,41-43,53-54,57H,4,8-9,13,18-36H2,1-3,5-6H3,(H,55,58)(H,56,59)/b17-16-,39-7+/t38?,41-,42-,43?,47+,48-,49+,50?,51-,52?/m1/s1. The molecule has 9 rings (SSSR count). The van der Waals surface area contributed by atoms with Crippen LogP contribution >= 0.6 is 0 Å². The van der Waals surface area contributed by atoms with Crippen molar-refractivity contribution in [3.05, 3.63) is 71.8 Å². The highest BCUT2D eigenvalue weighted by atomic mass is 16.3. The van der Waals surface area contributed by atoms with Crippen LogP contribution in [0.15, 0.2) is 66.3 Å². The molecule has 1 aromatic rings. The minimum absolute atomic E-state index is 0.0316. The molecule has 4 unspecified atom stereocenters. The number of piperidine rings is 2. The molecule has 6 bridgehead atoms. The van der Waals surface area contributed by atoms with Gasteiger partial charge in [-0.3, -0.25) is 9.59 Å². The Hall–Kier alpha value is -2.74. The van der Waals surface area contributed by atoms with E-state index in [1.165, 1.54) is 48.8 Å². The van der Waals surface area contributed by atoms with E-state index in [9.17, 15) is 14.7 Å². The number of aliphatic hydroxyl groups is 1. The smallest absolute Gasteiger partial charge is 0.226 e. The van der Waals surface area contributed by atoms with Crippen LogP contribution < -0.4 is 21.3 Å². The number of allylic oxidation sites excluding steroid dienone is 5. The van der Waals surface area contributed by atoms with E-state index >= 15 is 0 Å². The first-order chi connectivity index (χ1) is 28.2. The van der Waals surface area contributed by atoms with E-state index in [0.717, 1.165) is 96.7 Å². The van der Waals surface area contributed by atoms with Crippen molar-refractivity contribution in [1.82, 2.24) is 21.3 Å². The van der Waals surface area contributed by atoms with Gasteiger partial charge in [0.1, 0.15) is 0 Å². The number of benzene rings is 1. The average molecular weight is 807 g/mol. The molecule has 0 aromatic heterocycles. The summed E-state index contributed by atoms with van der Waals surface area (Å²) < 4.78 is 0. The highest BCUT2D eigenvalue weighted by molar-refractivity contribution is 5.84. The molecule has 7 heteroatoms. The van der Waals surface area contributed by atoms with E-state index in [2.05, 4.69) is 104 Å². The van der Waals surface area contributed by atoms with Crippen molar-refractivity contribution >= 4 is 11.8 Å². The maximum atomic E-state index is 14.8. The number of rotatable bonds is 13. The zero-order valence-corrected chi connectivity index (χ0v) is 37.5. The molecular formula is C52H78N4O3. The molecule has 2 amide bonds. The zero-order valence-electron chi connectivity index (χ0n) is 37.5. The normalized spacial score (nSPS) is 41.4. The fraction of sp³-hybridized carbons (Fsp3) is 0.731. The van der Waals surface area contributed by atoms with Crippen LogP contribution in [0, 0.1) is 38.4 Å². The van der Waals surface area contributed by atoms with Crippen molar-refractivity contribution in [3.63, 3.8) is 0 Å². The Morgan fingerprint density at radius 3 is 2.34 bits per heavy atom. The summed E-state index contributed by atoms with van der Waals surface area (Å²) in [6, 6.07) is 11.3. The summed E-state index contributed by atoms with van der Waals surface area (Å²) in [5, 5.41) is 24.5. The Labute approximate surface area is 356 Å². The Morgan fingerprint density at radius 2 is 1.61 bits per heavy atom. The van der Waals surface area contributed by atoms with E-state index in [4.69, 9.17) is 6.58 Å². The van der Waals surface area contributed by atoms with Crippen molar-refractivity contribution < 1.29 is 14.7 Å². The third kappa shape index (κ3) is 7.97. The lowest BCUT2D eigenvalue weighted by atomic mass is 9.37. The Balaban J connectivity index is 1.11. The summed E-state index contributed by atoms with van der Waals surface area (Å²) in [5.74, 6) is 0.929. The molecule has 8 aliphatic rings. The molecule has 0 radical (unpaired) electrons. The SMILES string of the molecule is C=C(/C=C\C(=C/C)C1(CCC(=O)N[C@@H]2CCNC[C@H]2O)C[C@@]2(CC)CCC[C@@](c3ccccc3)(C1)C2)[C@]12CC3CC(C(=O)NC4CCNCC4(C)C)(C[C@](CC)(C3)C1)C2. The molecule has 2 heterocycles. The number of hydrogen-bond acceptors (Lipinski definition) is 5. The zero-order chi connectivity index (χ0) is 41.7. The van der Waals surface area contributed by atoms with E-state index < -0.39 is 6.10 Å². The van der Waals surface area contributed by atoms with Crippen molar-refractivity contribution in [2.24, 2.45) is 38.4 Å². The van der Waals surface area contributed by atoms with Crippen LogP contribution in [0.1, 0.15) is 156 Å². The second kappa shape index (κ2) is 16.2. The molecule has 5 N–H and O–H groups in total. The fourth-order valence-electron chi connectivity index (χ4n) is 15.5. The highest BCUT2D eigenvalue weighted by Gasteiger charge is 2.66. The van der Waals surface area contributed by atoms with Crippen LogP contribution in [0.2, 0.25) is 0 Å². The number of fused-ring (bicyclic) bond motifs is 2. The van der Waals surface area contributed by atoms with Gasteiger partial charge in [0, 0.05) is 25.6 Å². The minimum atomic E-state index is -0.557. The van der Waals surface area contributed by atoms with Gasteiger partial charge in [-0.25, -0.2) is 0 Å². The molecule has 8 fully saturated rings. The number of aliphatic hydroxyl groups excluding tert-OH is 1. The van der Waals surface area contributed by atoms with Crippen molar-refractivity contribution in [2.45, 2.75) is 174 Å². The van der Waals surface area contributed by atoms with Gasteiger partial charge in [-0.15, -0.1) is 0 Å². The van der Waals surface area contributed by atoms with Crippen LogP contribution in [0.4, 0.5) is 0 Å². The fourth-order valence-corrected chi connectivity index (χ4v) is 15.5. The molecule has 2 aliphatic heterocycles. The quantitative estimate of drug-likeness (QED) is 0.128. The van der Waals surface area contributed by atoms with E-state index in [0.29, 0.717) is 24.8 Å². The predicted molar refractivity (Wildman–Crippen MR) is 240 cm³/mol. The van der Waals surface area contributed by atoms with Crippen LogP contribution in [-0.2, 0) is 15.0 Å². The van der Waals surface area contributed by atoms with Gasteiger partial charge in [-0.2, -0.15) is 0 Å². The monoisotopic (exact) mass is 807 g/mol. The Bertz CT molecular complexity index is 1800. The molecule has 0 spiro atoms. The van der Waals surface area contributed by atoms with Gasteiger partial charge >= 0.3 is 0 Å². The Morgan fingerprint density at radius 1 is 0.864 bits per heavy atom. The number of carbonyl (C=O) groups excluding carboxylic acids is 2. The van der Waals surface area contributed by atoms with E-state index in [-0.39, 0.29) is 55.9 Å². The van der Waals surface area contributed by atoms with Crippen LogP contribution in [-0.4, -0.2) is 61.3 Å². The van der Waals surface area contributed by atoms with E-state index in [1.807, 2.05) is 0 Å². The van der Waals surface area contributed by atoms with Gasteiger partial charge in [-0.1, -0.05) is 102 Å². The molecule has 6 aliphatic carbocycles. The largest absolute Gasteiger partial charge is 0.390 e. The molecule has 324 valence electrons. The summed E-state index contributed by atoms with van der Waals surface area (Å²) in [5.41, 5.74) is 3.92. The summed E-state index contributed by atoms with van der Waals surface area (Å²) >= 11 is 0. The summed E-state index contributed by atoms with van der Waals surface area (Å²) in [4.78, 5) is 28.7. The number of β-amino-alcohol motifs (C(OH)–C–C–N with tert-alkyl or cyclic N) is 1. The molecule has 7 nitrogen and oxygen atoms in total. The van der Waals surface area contributed by atoms with Gasteiger partial charge in [0.2, 0.25) is 11.8 Å². The second-order valence-corrected chi connectivity index (χ2v) is 22.4. The first-order valence-electron chi connectivity index (χ1n) is 24.0. The lowest BCUT2D eigenvalue weighted by molar-refractivity contribution is -0.171. The van der Waals surface area contributed by atoms with Gasteiger partial charge < -0.3 is 26.4 Å². The number of nitrogens with one attached hydrogen (secondary N) is 4. The maximum Gasteiger partial charge on any atom is 0.226 e. The van der Waals surface area contributed by atoms with Gasteiger partial charge in [-0.05, 0) is 165 Å². The van der Waals surface area contributed by atoms with Gasteiger partial charge in [0.25, 0.3) is 0 Å². The van der Waals surface area contributed by atoms with Gasteiger partial charge in [0.05, 0.1) is 17.6 Å². The maximum absolute atomic E-state index is 14.8. The molecule has 1 aromatic carbocycles. The summed E-state index contributed by atoms with van der Waals surface area (Å²) in [7, 11) is 0. The minimum Gasteiger partial charge on any atom is -0.390 e. The lowest BCUT2D eigenvalue weighted by Crippen LogP contribution is -2.64. The predicted octanol–water partition coefficient (Wildman–Crippen LogP) is 9.22. The third-order valence-corrected chi connectivity index (χ3v) is 18.2.